The summed E-state index contributed by atoms with van der Waals surface area (Å²) >= 11 is 0. The van der Waals surface area contributed by atoms with Crippen molar-refractivity contribution in [1.29, 1.82) is 0 Å². The lowest BCUT2D eigenvalue weighted by Gasteiger charge is -2.38. The summed E-state index contributed by atoms with van der Waals surface area (Å²) < 4.78 is 21.2. The van der Waals surface area contributed by atoms with Crippen LogP contribution in [0.1, 0.15) is 18.0 Å². The van der Waals surface area contributed by atoms with Crippen LogP contribution in [-0.4, -0.2) is 25.0 Å². The van der Waals surface area contributed by atoms with E-state index in [9.17, 15) is 0 Å². The van der Waals surface area contributed by atoms with Gasteiger partial charge in [-0.1, -0.05) is 13.8 Å². The molecule has 48 valence electrons. The van der Waals surface area contributed by atoms with Crippen molar-refractivity contribution in [2.45, 2.75) is 13.8 Å². The van der Waals surface area contributed by atoms with Crippen LogP contribution in [0.2, 0.25) is 0 Å². The molecule has 0 N–H and O–H groups in total. The van der Waals surface area contributed by atoms with Gasteiger partial charge in [-0.2, -0.15) is 0 Å². The van der Waals surface area contributed by atoms with Gasteiger partial charge >= 0.3 is 0 Å². The standard InChI is InChI=1S/C7H15N/c1-6(2)7-4-8(3)5-7/h6-7H,4-5H2,1-3H3/i3D3. The molecule has 0 aromatic rings. The van der Waals surface area contributed by atoms with Crippen LogP contribution in [0.15, 0.2) is 0 Å². The predicted molar refractivity (Wildman–Crippen MR) is 35.8 cm³/mol. The van der Waals surface area contributed by atoms with Gasteiger partial charge in [-0.3, -0.25) is 0 Å². The molecule has 0 radical (unpaired) electrons. The number of likely N-dealkylation sites (tertiary alicyclic amines) is 1. The Morgan fingerprint density at radius 3 is 2.62 bits per heavy atom. The molecule has 1 rings (SSSR count). The molecule has 1 nitrogen and oxygen atoms in total. The summed E-state index contributed by atoms with van der Waals surface area (Å²) in [5.74, 6) is 1.21. The summed E-state index contributed by atoms with van der Waals surface area (Å²) in [5.41, 5.74) is 0. The lowest BCUT2D eigenvalue weighted by atomic mass is 9.89. The molecule has 1 saturated heterocycles. The van der Waals surface area contributed by atoms with E-state index in [1.807, 2.05) is 0 Å². The molecule has 1 aliphatic rings. The zero-order chi connectivity index (χ0) is 8.65. The van der Waals surface area contributed by atoms with Crippen molar-refractivity contribution in [3.63, 3.8) is 0 Å². The first-order valence-electron chi connectivity index (χ1n) is 4.66. The Hall–Kier alpha value is -0.0400. The maximum Gasteiger partial charge on any atom is 0.0394 e. The quantitative estimate of drug-likeness (QED) is 0.497. The molecular weight excluding hydrogens is 98.1 g/mol. The second kappa shape index (κ2) is 2.06. The average molecular weight is 116 g/mol. The molecule has 1 heterocycles. The Balaban J connectivity index is 2.30. The normalized spacial score (nSPS) is 31.1. The SMILES string of the molecule is [2H]C([2H])([2H])N1CC(C(C)C)C1. The minimum absolute atomic E-state index is 0.593. The second-order valence-electron chi connectivity index (χ2n) is 2.91. The van der Waals surface area contributed by atoms with Crippen molar-refractivity contribution >= 4 is 0 Å². The van der Waals surface area contributed by atoms with E-state index in [1.165, 1.54) is 0 Å². The largest absolute Gasteiger partial charge is 0.306 e. The van der Waals surface area contributed by atoms with Gasteiger partial charge in [0.25, 0.3) is 0 Å². The van der Waals surface area contributed by atoms with Crippen molar-refractivity contribution < 1.29 is 4.11 Å². The molecule has 0 bridgehead atoms. The van der Waals surface area contributed by atoms with Crippen LogP contribution in [0.25, 0.3) is 0 Å². The molecule has 1 aliphatic heterocycles. The summed E-state index contributed by atoms with van der Waals surface area (Å²) in [7, 11) is 0. The van der Waals surface area contributed by atoms with Gasteiger partial charge < -0.3 is 4.90 Å². The minimum Gasteiger partial charge on any atom is -0.306 e. The molecule has 0 aliphatic carbocycles. The molecular formula is C7H15N. The van der Waals surface area contributed by atoms with Crippen LogP contribution in [0.3, 0.4) is 0 Å². The van der Waals surface area contributed by atoms with Gasteiger partial charge in [-0.05, 0) is 18.8 Å². The molecule has 1 heteroatoms. The molecule has 0 atom stereocenters. The van der Waals surface area contributed by atoms with Gasteiger partial charge in [0.05, 0.1) is 0 Å². The monoisotopic (exact) mass is 116 g/mol. The lowest BCUT2D eigenvalue weighted by molar-refractivity contribution is 0.0967. The average Bonchev–Trinajstić information content (AvgIpc) is 1.51. The van der Waals surface area contributed by atoms with Gasteiger partial charge in [0, 0.05) is 17.2 Å². The number of hydrogen-bond acceptors (Lipinski definition) is 1. The maximum absolute atomic E-state index is 7.08. The predicted octanol–water partition coefficient (Wildman–Crippen LogP) is 1.20. The van der Waals surface area contributed by atoms with Crippen LogP contribution >= 0.6 is 0 Å². The van der Waals surface area contributed by atoms with E-state index in [4.69, 9.17) is 4.11 Å². The highest BCUT2D eigenvalue weighted by Crippen LogP contribution is 2.20. The molecule has 0 spiro atoms. The fraction of sp³-hybridized carbons (Fsp3) is 1.00. The third kappa shape index (κ3) is 1.03. The van der Waals surface area contributed by atoms with Crippen LogP contribution in [0, 0.1) is 11.8 Å². The van der Waals surface area contributed by atoms with E-state index >= 15 is 0 Å². The van der Waals surface area contributed by atoms with E-state index in [0.717, 1.165) is 13.1 Å². The third-order valence-electron chi connectivity index (χ3n) is 1.85. The van der Waals surface area contributed by atoms with Crippen molar-refractivity contribution in [2.24, 2.45) is 11.8 Å². The molecule has 0 unspecified atom stereocenters. The molecule has 8 heavy (non-hydrogen) atoms. The molecule has 0 aromatic carbocycles. The first-order valence-corrected chi connectivity index (χ1v) is 3.16. The van der Waals surface area contributed by atoms with Crippen LogP contribution in [0.5, 0.6) is 0 Å². The van der Waals surface area contributed by atoms with Gasteiger partial charge in [0.2, 0.25) is 0 Å². The van der Waals surface area contributed by atoms with Crippen LogP contribution < -0.4 is 0 Å². The molecule has 0 aromatic heterocycles. The Morgan fingerprint density at radius 1 is 1.62 bits per heavy atom. The highest BCUT2D eigenvalue weighted by atomic mass is 15.2. The third-order valence-corrected chi connectivity index (χ3v) is 1.85. The minimum atomic E-state index is -1.86. The fourth-order valence-corrected chi connectivity index (χ4v) is 0.934. The highest BCUT2D eigenvalue weighted by Gasteiger charge is 2.25. The lowest BCUT2D eigenvalue weighted by Crippen LogP contribution is -2.46. The van der Waals surface area contributed by atoms with E-state index in [1.54, 1.807) is 4.90 Å². The number of hydrogen-bond donors (Lipinski definition) is 0. The molecule has 1 fully saturated rings. The van der Waals surface area contributed by atoms with Crippen molar-refractivity contribution in [1.82, 2.24) is 4.90 Å². The summed E-state index contributed by atoms with van der Waals surface area (Å²) in [6.45, 7) is 3.91. The fourth-order valence-electron chi connectivity index (χ4n) is 0.934. The number of nitrogens with zero attached hydrogens (tertiary/aromatic N) is 1. The summed E-state index contributed by atoms with van der Waals surface area (Å²) in [6, 6.07) is 0. The van der Waals surface area contributed by atoms with Gasteiger partial charge in [-0.15, -0.1) is 0 Å². The Bertz CT molecular complexity index is 135. The smallest absolute Gasteiger partial charge is 0.0394 e. The summed E-state index contributed by atoms with van der Waals surface area (Å²) in [6.07, 6.45) is 0. The van der Waals surface area contributed by atoms with E-state index in [0.29, 0.717) is 11.8 Å². The summed E-state index contributed by atoms with van der Waals surface area (Å²) in [5, 5.41) is 0. The van der Waals surface area contributed by atoms with Crippen LogP contribution in [0.4, 0.5) is 0 Å². The van der Waals surface area contributed by atoms with Crippen molar-refractivity contribution in [3.8, 4) is 0 Å². The number of rotatable bonds is 1. The zero-order valence-corrected chi connectivity index (χ0v) is 5.52. The highest BCUT2D eigenvalue weighted by molar-refractivity contribution is 4.78. The van der Waals surface area contributed by atoms with Gasteiger partial charge in [-0.25, -0.2) is 0 Å². The summed E-state index contributed by atoms with van der Waals surface area (Å²) in [4.78, 5) is 1.55. The first kappa shape index (κ1) is 3.21. The Morgan fingerprint density at radius 2 is 2.25 bits per heavy atom. The second-order valence-corrected chi connectivity index (χ2v) is 2.91. The molecule has 0 amide bonds. The Labute approximate surface area is 55.9 Å². The van der Waals surface area contributed by atoms with E-state index in [2.05, 4.69) is 13.8 Å². The van der Waals surface area contributed by atoms with Crippen LogP contribution in [-0.2, 0) is 0 Å². The Kier molecular flexibility index (Phi) is 0.826. The van der Waals surface area contributed by atoms with Gasteiger partial charge in [0.15, 0.2) is 0 Å². The van der Waals surface area contributed by atoms with E-state index < -0.39 is 6.98 Å². The van der Waals surface area contributed by atoms with Crippen molar-refractivity contribution in [3.05, 3.63) is 0 Å². The maximum atomic E-state index is 7.08. The van der Waals surface area contributed by atoms with Gasteiger partial charge in [0.1, 0.15) is 0 Å². The zero-order valence-electron chi connectivity index (χ0n) is 8.52. The topological polar surface area (TPSA) is 3.24 Å². The first-order chi connectivity index (χ1) is 4.91. The molecule has 0 saturated carbocycles. The van der Waals surface area contributed by atoms with Crippen molar-refractivity contribution in [2.75, 3.05) is 20.1 Å². The van der Waals surface area contributed by atoms with E-state index in [-0.39, 0.29) is 0 Å².